The van der Waals surface area contributed by atoms with Crippen LogP contribution in [0.2, 0.25) is 0 Å². The molecule has 0 radical (unpaired) electrons. The third-order valence-electron chi connectivity index (χ3n) is 3.00. The van der Waals surface area contributed by atoms with E-state index in [0.717, 1.165) is 15.9 Å². The van der Waals surface area contributed by atoms with E-state index in [9.17, 15) is 0 Å². The van der Waals surface area contributed by atoms with Gasteiger partial charge in [0.25, 0.3) is 0 Å². The monoisotopic (exact) mass is 325 g/mol. The van der Waals surface area contributed by atoms with Crippen molar-refractivity contribution in [2.45, 2.75) is 19.5 Å². The maximum atomic E-state index is 5.79. The van der Waals surface area contributed by atoms with Gasteiger partial charge >= 0.3 is 0 Å². The first kappa shape index (κ1) is 13.5. The lowest BCUT2D eigenvalue weighted by atomic mass is 10.2. The largest absolute Gasteiger partial charge is 0.352 e. The fourth-order valence-electron chi connectivity index (χ4n) is 1.85. The van der Waals surface area contributed by atoms with Crippen LogP contribution in [0.15, 0.2) is 34.2 Å². The molecule has 0 spiro atoms. The van der Waals surface area contributed by atoms with E-state index in [1.54, 1.807) is 11.3 Å². The van der Waals surface area contributed by atoms with Crippen molar-refractivity contribution in [2.75, 3.05) is 11.9 Å². The highest BCUT2D eigenvalue weighted by atomic mass is 79.9. The van der Waals surface area contributed by atoms with Crippen molar-refractivity contribution in [1.29, 1.82) is 0 Å². The van der Waals surface area contributed by atoms with Crippen molar-refractivity contribution in [2.24, 2.45) is 5.73 Å². The predicted octanol–water partition coefficient (Wildman–Crippen LogP) is 3.56. The maximum Gasteiger partial charge on any atom is 0.133 e. The zero-order chi connectivity index (χ0) is 13.1. The van der Waals surface area contributed by atoms with E-state index in [-0.39, 0.29) is 0 Å². The lowest BCUT2D eigenvalue weighted by molar-refractivity contribution is 0.735. The van der Waals surface area contributed by atoms with Crippen LogP contribution in [0.5, 0.6) is 0 Å². The number of halogens is 1. The standard InChI is InChI=1S/C13H16BrN3S/c1-9(12-4-3-5-18-12)17(2)13-10(7-15)6-11(14)8-16-13/h3-6,8-9H,7,15H2,1-2H3. The number of thiophene rings is 1. The lowest BCUT2D eigenvalue weighted by Crippen LogP contribution is -2.24. The SMILES string of the molecule is CC(c1cccs1)N(C)c1ncc(Br)cc1CN. The van der Waals surface area contributed by atoms with Gasteiger partial charge in [0.15, 0.2) is 0 Å². The van der Waals surface area contributed by atoms with E-state index in [1.807, 2.05) is 12.3 Å². The van der Waals surface area contributed by atoms with Crippen LogP contribution in [0, 0.1) is 0 Å². The van der Waals surface area contributed by atoms with Gasteiger partial charge in [-0.2, -0.15) is 0 Å². The molecule has 2 rings (SSSR count). The van der Waals surface area contributed by atoms with Crippen molar-refractivity contribution in [3.05, 3.63) is 44.7 Å². The van der Waals surface area contributed by atoms with Gasteiger partial charge in [0.05, 0.1) is 6.04 Å². The lowest BCUT2D eigenvalue weighted by Gasteiger charge is -2.27. The van der Waals surface area contributed by atoms with Gasteiger partial charge in [0.2, 0.25) is 0 Å². The predicted molar refractivity (Wildman–Crippen MR) is 81.0 cm³/mol. The molecular weight excluding hydrogens is 310 g/mol. The molecule has 2 heterocycles. The van der Waals surface area contributed by atoms with E-state index in [0.29, 0.717) is 12.6 Å². The van der Waals surface area contributed by atoms with Crippen LogP contribution in [-0.2, 0) is 6.54 Å². The molecule has 3 nitrogen and oxygen atoms in total. The summed E-state index contributed by atoms with van der Waals surface area (Å²) in [5.41, 5.74) is 6.84. The quantitative estimate of drug-likeness (QED) is 0.934. The van der Waals surface area contributed by atoms with Crippen LogP contribution in [0.25, 0.3) is 0 Å². The Bertz CT molecular complexity index is 513. The molecule has 0 aliphatic heterocycles. The van der Waals surface area contributed by atoms with Crippen LogP contribution >= 0.6 is 27.3 Å². The molecule has 0 bridgehead atoms. The molecule has 0 saturated heterocycles. The molecule has 18 heavy (non-hydrogen) atoms. The van der Waals surface area contributed by atoms with Gasteiger partial charge in [0.1, 0.15) is 5.82 Å². The summed E-state index contributed by atoms with van der Waals surface area (Å²) in [6.07, 6.45) is 1.81. The highest BCUT2D eigenvalue weighted by Gasteiger charge is 2.17. The first-order valence-electron chi connectivity index (χ1n) is 5.74. The molecule has 5 heteroatoms. The summed E-state index contributed by atoms with van der Waals surface area (Å²) < 4.78 is 0.962. The van der Waals surface area contributed by atoms with Gasteiger partial charge in [-0.3, -0.25) is 0 Å². The third-order valence-corrected chi connectivity index (χ3v) is 4.48. The molecule has 0 saturated carbocycles. The number of rotatable bonds is 4. The summed E-state index contributed by atoms with van der Waals surface area (Å²) in [5.74, 6) is 0.946. The van der Waals surface area contributed by atoms with Crippen LogP contribution < -0.4 is 10.6 Å². The Labute approximate surface area is 120 Å². The van der Waals surface area contributed by atoms with Gasteiger partial charge in [-0.25, -0.2) is 4.98 Å². The van der Waals surface area contributed by atoms with Gasteiger partial charge in [-0.15, -0.1) is 11.3 Å². The number of nitrogens with two attached hydrogens (primary N) is 1. The van der Waals surface area contributed by atoms with Crippen molar-refractivity contribution in [3.63, 3.8) is 0 Å². The fraction of sp³-hybridized carbons (Fsp3) is 0.308. The smallest absolute Gasteiger partial charge is 0.133 e. The van der Waals surface area contributed by atoms with Crippen LogP contribution in [0.4, 0.5) is 5.82 Å². The van der Waals surface area contributed by atoms with Gasteiger partial charge in [-0.1, -0.05) is 6.07 Å². The van der Waals surface area contributed by atoms with E-state index in [4.69, 9.17) is 5.73 Å². The normalized spacial score (nSPS) is 12.4. The zero-order valence-corrected chi connectivity index (χ0v) is 12.8. The number of hydrogen-bond donors (Lipinski definition) is 1. The average Bonchev–Trinajstić information content (AvgIpc) is 2.90. The van der Waals surface area contributed by atoms with Crippen LogP contribution in [-0.4, -0.2) is 12.0 Å². The molecule has 96 valence electrons. The Kier molecular flexibility index (Phi) is 4.37. The second-order valence-corrected chi connectivity index (χ2v) is 6.04. The minimum Gasteiger partial charge on any atom is -0.352 e. The number of aromatic nitrogens is 1. The minimum atomic E-state index is 0.295. The number of pyridine rings is 1. The first-order chi connectivity index (χ1) is 8.63. The summed E-state index contributed by atoms with van der Waals surface area (Å²) >= 11 is 5.19. The van der Waals surface area contributed by atoms with Crippen molar-refractivity contribution >= 4 is 33.1 Å². The maximum absolute atomic E-state index is 5.79. The Hall–Kier alpha value is -0.910. The van der Waals surface area contributed by atoms with Gasteiger partial charge in [-0.05, 0) is 40.4 Å². The topological polar surface area (TPSA) is 42.2 Å². The fourth-order valence-corrected chi connectivity index (χ4v) is 3.05. The molecule has 1 atom stereocenters. The van der Waals surface area contributed by atoms with Gasteiger partial charge < -0.3 is 10.6 Å². The minimum absolute atomic E-state index is 0.295. The van der Waals surface area contributed by atoms with Gasteiger partial charge in [0, 0.05) is 34.7 Å². The van der Waals surface area contributed by atoms with E-state index >= 15 is 0 Å². The summed E-state index contributed by atoms with van der Waals surface area (Å²) in [6, 6.07) is 6.54. The van der Waals surface area contributed by atoms with Crippen LogP contribution in [0.1, 0.15) is 23.4 Å². The second-order valence-electron chi connectivity index (χ2n) is 4.14. The molecule has 0 aromatic carbocycles. The Morgan fingerprint density at radius 2 is 2.33 bits per heavy atom. The average molecular weight is 326 g/mol. The number of hydrogen-bond acceptors (Lipinski definition) is 4. The molecular formula is C13H16BrN3S. The molecule has 0 aliphatic carbocycles. The zero-order valence-electron chi connectivity index (χ0n) is 10.4. The number of anilines is 1. The second kappa shape index (κ2) is 5.82. The summed E-state index contributed by atoms with van der Waals surface area (Å²) in [4.78, 5) is 7.97. The molecule has 2 aromatic rings. The summed E-state index contributed by atoms with van der Waals surface area (Å²) in [6.45, 7) is 2.67. The molecule has 0 amide bonds. The van der Waals surface area contributed by atoms with E-state index < -0.39 is 0 Å². The summed E-state index contributed by atoms with van der Waals surface area (Å²) in [7, 11) is 2.06. The Morgan fingerprint density at radius 1 is 1.56 bits per heavy atom. The van der Waals surface area contributed by atoms with Crippen LogP contribution in [0.3, 0.4) is 0 Å². The molecule has 1 unspecified atom stereocenters. The Balaban J connectivity index is 2.31. The third kappa shape index (κ3) is 2.74. The van der Waals surface area contributed by atoms with E-state index in [2.05, 4.69) is 57.3 Å². The molecule has 2 N–H and O–H groups in total. The van der Waals surface area contributed by atoms with Crippen molar-refractivity contribution in [3.8, 4) is 0 Å². The van der Waals surface area contributed by atoms with E-state index in [1.165, 1.54) is 4.88 Å². The first-order valence-corrected chi connectivity index (χ1v) is 7.41. The summed E-state index contributed by atoms with van der Waals surface area (Å²) in [5, 5.41) is 2.10. The number of nitrogens with zero attached hydrogens (tertiary/aromatic N) is 2. The Morgan fingerprint density at radius 3 is 2.94 bits per heavy atom. The highest BCUT2D eigenvalue weighted by Crippen LogP contribution is 2.29. The molecule has 0 aliphatic rings. The van der Waals surface area contributed by atoms with Crippen molar-refractivity contribution < 1.29 is 0 Å². The molecule has 2 aromatic heterocycles. The van der Waals surface area contributed by atoms with Crippen molar-refractivity contribution in [1.82, 2.24) is 4.98 Å². The highest BCUT2D eigenvalue weighted by molar-refractivity contribution is 9.10. The molecule has 0 fully saturated rings.